The average molecular weight is 960 g/mol. The smallest absolute Gasteiger partial charge is 0.280 e. The number of ether oxygens (including phenoxy) is 1. The Balaban J connectivity index is 0.000000181. The molecule has 5 aromatic heterocycles. The number of aryl methyl sites for hydroxylation is 3. The quantitative estimate of drug-likeness (QED) is 0.0908. The number of aromatic amines is 2. The Labute approximate surface area is 355 Å². The molecule has 0 spiro atoms. The minimum atomic E-state index is -3.76. The number of rotatable bonds is 11. The predicted molar refractivity (Wildman–Crippen MR) is 231 cm³/mol. The van der Waals surface area contributed by atoms with Gasteiger partial charge in [0.05, 0.1) is 34.7 Å². The molecule has 300 valence electrons. The van der Waals surface area contributed by atoms with Gasteiger partial charge in [0.25, 0.3) is 20.0 Å². The molecule has 0 bridgehead atoms. The van der Waals surface area contributed by atoms with E-state index in [4.69, 9.17) is 10.00 Å². The fourth-order valence-corrected chi connectivity index (χ4v) is 8.35. The maximum atomic E-state index is 12.7. The Kier molecular flexibility index (Phi) is 11.8. The highest BCUT2D eigenvalue weighted by molar-refractivity contribution is 9.10. The van der Waals surface area contributed by atoms with Gasteiger partial charge in [-0.2, -0.15) is 13.7 Å². The molecule has 20 heteroatoms. The second kappa shape index (κ2) is 17.0. The third-order valence-corrected chi connectivity index (χ3v) is 13.1. The van der Waals surface area contributed by atoms with Gasteiger partial charge in [0.2, 0.25) is 0 Å². The van der Waals surface area contributed by atoms with E-state index in [-0.39, 0.29) is 22.9 Å². The Morgan fingerprint density at radius 2 is 1.22 bits per heavy atom. The van der Waals surface area contributed by atoms with Gasteiger partial charge >= 0.3 is 0 Å². The van der Waals surface area contributed by atoms with Crippen LogP contribution in [-0.4, -0.2) is 62.9 Å². The van der Waals surface area contributed by atoms with E-state index in [1.807, 2.05) is 19.9 Å². The molecule has 0 aliphatic heterocycles. The number of imidazole rings is 3. The SMILES string of the molecule is Cc1c(Br)cnc2nc(-c3ccc(NS(=O)(=O)c4ccc(OCCC#N)cc4)cc3)[nH]c12.Cc1c(Br)cnc2nc(-c3ccc(NS(=O)(=O)c4cn(C)cn4)cc3)[nH]c12. The number of nitriles is 1. The van der Waals surface area contributed by atoms with Gasteiger partial charge in [-0.05, 0) is 130 Å². The van der Waals surface area contributed by atoms with Crippen molar-refractivity contribution in [2.45, 2.75) is 30.2 Å². The first kappa shape index (κ1) is 41.0. The van der Waals surface area contributed by atoms with Gasteiger partial charge in [0.1, 0.15) is 24.0 Å². The summed E-state index contributed by atoms with van der Waals surface area (Å²) in [5.41, 5.74) is 7.49. The molecule has 0 amide bonds. The van der Waals surface area contributed by atoms with Crippen LogP contribution in [0, 0.1) is 25.2 Å². The van der Waals surface area contributed by atoms with Crippen molar-refractivity contribution in [2.24, 2.45) is 7.05 Å². The van der Waals surface area contributed by atoms with Crippen molar-refractivity contribution in [2.75, 3.05) is 16.1 Å². The van der Waals surface area contributed by atoms with Crippen molar-refractivity contribution in [3.8, 4) is 34.6 Å². The summed E-state index contributed by atoms with van der Waals surface area (Å²) in [5, 5.41) is 8.51. The summed E-state index contributed by atoms with van der Waals surface area (Å²) in [5.74, 6) is 1.82. The lowest BCUT2D eigenvalue weighted by atomic mass is 10.2. The standard InChI is InChI=1S/C22H18BrN5O3S.C17H15BrN6O2S/c1-14-19(23)13-25-22-20(14)26-21(27-22)15-3-5-16(6-4-15)28-32(29,30)18-9-7-17(8-10-18)31-12-2-11-24;1-10-13(18)7-19-17-15(10)21-16(22-17)11-3-5-12(6-4-11)23-27(25,26)14-8-24(2)9-20-14/h3-10,13,28H,2,12H2,1H3,(H,25,26,27);3-9,23H,1-2H3,(H,19,21,22). The van der Waals surface area contributed by atoms with Gasteiger partial charge in [0, 0.05) is 57.1 Å². The maximum Gasteiger partial charge on any atom is 0.280 e. The lowest BCUT2D eigenvalue weighted by Gasteiger charge is -2.09. The second-order valence-corrected chi connectivity index (χ2v) is 18.0. The number of pyridine rings is 2. The first-order valence-electron chi connectivity index (χ1n) is 17.6. The zero-order chi connectivity index (χ0) is 41.9. The molecule has 0 atom stereocenters. The molecule has 0 aliphatic carbocycles. The maximum absolute atomic E-state index is 12.7. The number of hydrogen-bond acceptors (Lipinski definition) is 11. The Bertz CT molecular complexity index is 3070. The molecule has 8 aromatic rings. The highest BCUT2D eigenvalue weighted by Gasteiger charge is 2.18. The van der Waals surface area contributed by atoms with Gasteiger partial charge < -0.3 is 19.3 Å². The third kappa shape index (κ3) is 9.28. The lowest BCUT2D eigenvalue weighted by Crippen LogP contribution is -2.13. The number of hydrogen-bond donors (Lipinski definition) is 4. The first-order chi connectivity index (χ1) is 28.2. The summed E-state index contributed by atoms with van der Waals surface area (Å²) >= 11 is 6.92. The molecule has 0 radical (unpaired) electrons. The normalized spacial score (nSPS) is 11.5. The van der Waals surface area contributed by atoms with Crippen LogP contribution in [0.25, 0.3) is 45.1 Å². The van der Waals surface area contributed by atoms with Crippen LogP contribution in [0.5, 0.6) is 5.75 Å². The first-order valence-corrected chi connectivity index (χ1v) is 22.1. The van der Waals surface area contributed by atoms with Gasteiger partial charge in [0.15, 0.2) is 16.3 Å². The van der Waals surface area contributed by atoms with E-state index >= 15 is 0 Å². The molecule has 0 unspecified atom stereocenters. The van der Waals surface area contributed by atoms with Crippen LogP contribution in [0.4, 0.5) is 11.4 Å². The minimum absolute atomic E-state index is 0.0292. The summed E-state index contributed by atoms with van der Waals surface area (Å²) in [4.78, 5) is 28.1. The van der Waals surface area contributed by atoms with Crippen molar-refractivity contribution in [3.05, 3.63) is 118 Å². The van der Waals surface area contributed by atoms with Crippen LogP contribution in [-0.2, 0) is 27.1 Å². The van der Waals surface area contributed by atoms with Gasteiger partial charge in [-0.3, -0.25) is 9.44 Å². The van der Waals surface area contributed by atoms with E-state index in [2.05, 4.69) is 76.2 Å². The zero-order valence-corrected chi connectivity index (χ0v) is 36.2. The number of benzene rings is 3. The molecular weight excluding hydrogens is 926 g/mol. The van der Waals surface area contributed by atoms with Crippen LogP contribution in [0.3, 0.4) is 0 Å². The van der Waals surface area contributed by atoms with E-state index in [0.29, 0.717) is 40.1 Å². The monoisotopic (exact) mass is 957 g/mol. The molecule has 16 nitrogen and oxygen atoms in total. The van der Waals surface area contributed by atoms with Gasteiger partial charge in [-0.1, -0.05) is 0 Å². The molecule has 59 heavy (non-hydrogen) atoms. The van der Waals surface area contributed by atoms with Crippen molar-refractivity contribution in [1.29, 1.82) is 5.26 Å². The lowest BCUT2D eigenvalue weighted by molar-refractivity contribution is 0.326. The molecule has 0 fully saturated rings. The van der Waals surface area contributed by atoms with E-state index in [1.165, 1.54) is 24.7 Å². The highest BCUT2D eigenvalue weighted by Crippen LogP contribution is 2.29. The number of anilines is 2. The number of nitrogens with one attached hydrogen (secondary N) is 4. The molecule has 5 heterocycles. The average Bonchev–Trinajstić information content (AvgIpc) is 3.98. The van der Waals surface area contributed by atoms with Crippen LogP contribution >= 0.6 is 31.9 Å². The van der Waals surface area contributed by atoms with Crippen molar-refractivity contribution < 1.29 is 21.6 Å². The molecule has 3 aromatic carbocycles. The summed E-state index contributed by atoms with van der Waals surface area (Å²) in [7, 11) is -5.77. The predicted octanol–water partition coefficient (Wildman–Crippen LogP) is 8.02. The molecular formula is C39H33Br2N11O5S2. The third-order valence-electron chi connectivity index (χ3n) is 8.83. The molecule has 0 saturated heterocycles. The number of sulfonamides is 2. The molecule has 0 aliphatic rings. The molecule has 8 rings (SSSR count). The summed E-state index contributed by atoms with van der Waals surface area (Å²) < 4.78 is 63.9. The molecule has 4 N–H and O–H groups in total. The fraction of sp³-hybridized carbons (Fsp3) is 0.128. The number of fused-ring (bicyclic) bond motifs is 2. The number of nitrogens with zero attached hydrogens (tertiary/aromatic N) is 7. The van der Waals surface area contributed by atoms with Crippen LogP contribution < -0.4 is 14.2 Å². The minimum Gasteiger partial charge on any atom is -0.493 e. The summed E-state index contributed by atoms with van der Waals surface area (Å²) in [6.07, 6.45) is 6.58. The molecule has 0 saturated carbocycles. The van der Waals surface area contributed by atoms with E-state index < -0.39 is 20.0 Å². The van der Waals surface area contributed by atoms with Gasteiger partial charge in [-0.15, -0.1) is 0 Å². The van der Waals surface area contributed by atoms with Crippen molar-refractivity contribution >= 4 is 85.6 Å². The zero-order valence-electron chi connectivity index (χ0n) is 31.4. The fourth-order valence-electron chi connectivity index (χ4n) is 5.65. The summed E-state index contributed by atoms with van der Waals surface area (Å²) in [6, 6.07) is 21.9. The Morgan fingerprint density at radius 3 is 1.68 bits per heavy atom. The van der Waals surface area contributed by atoms with Crippen molar-refractivity contribution in [1.82, 2.24) is 39.5 Å². The second-order valence-electron chi connectivity index (χ2n) is 13.0. The van der Waals surface area contributed by atoms with E-state index in [1.54, 1.807) is 84.7 Å². The number of H-pyrrole nitrogens is 2. The van der Waals surface area contributed by atoms with Crippen LogP contribution in [0.2, 0.25) is 0 Å². The number of halogens is 2. The van der Waals surface area contributed by atoms with Gasteiger partial charge in [-0.25, -0.2) is 33.3 Å². The van der Waals surface area contributed by atoms with Crippen LogP contribution in [0.1, 0.15) is 17.5 Å². The van der Waals surface area contributed by atoms with E-state index in [0.717, 1.165) is 42.2 Å². The van der Waals surface area contributed by atoms with Crippen LogP contribution in [0.15, 0.2) is 117 Å². The van der Waals surface area contributed by atoms with Crippen molar-refractivity contribution in [3.63, 3.8) is 0 Å². The highest BCUT2D eigenvalue weighted by atomic mass is 79.9. The topological polar surface area (TPSA) is 226 Å². The number of aromatic nitrogens is 8. The Hall–Kier alpha value is -6.14. The largest absolute Gasteiger partial charge is 0.493 e. The van der Waals surface area contributed by atoms with E-state index in [9.17, 15) is 16.8 Å². The Morgan fingerprint density at radius 1 is 0.729 bits per heavy atom. The summed E-state index contributed by atoms with van der Waals surface area (Å²) in [6.45, 7) is 4.20.